The zero-order valence-corrected chi connectivity index (χ0v) is 12.1. The molecule has 0 radical (unpaired) electrons. The van der Waals surface area contributed by atoms with Crippen molar-refractivity contribution in [3.8, 4) is 0 Å². The van der Waals surface area contributed by atoms with E-state index in [9.17, 15) is 9.59 Å². The molecule has 5 nitrogen and oxygen atoms in total. The van der Waals surface area contributed by atoms with Gasteiger partial charge in [-0.25, -0.2) is 0 Å². The normalized spacial score (nSPS) is 23.4. The van der Waals surface area contributed by atoms with Crippen LogP contribution in [0.3, 0.4) is 0 Å². The van der Waals surface area contributed by atoms with E-state index in [4.69, 9.17) is 11.5 Å². The summed E-state index contributed by atoms with van der Waals surface area (Å²) in [6.45, 7) is 4.54. The third kappa shape index (κ3) is 4.82. The van der Waals surface area contributed by atoms with Crippen molar-refractivity contribution < 1.29 is 9.59 Å². The molecule has 1 saturated carbocycles. The van der Waals surface area contributed by atoms with Gasteiger partial charge in [0, 0.05) is 12.0 Å². The van der Waals surface area contributed by atoms with E-state index < -0.39 is 5.91 Å². The number of carbonyl (C=O) groups is 2. The van der Waals surface area contributed by atoms with Gasteiger partial charge >= 0.3 is 0 Å². The standard InChI is InChI=1S/C14H27N3O2/c1-10(2)17(9-13(16)18)14(19)12-5-3-4-11(8-12)6-7-15/h10-12H,3-9,15H2,1-2H3,(H2,16,18). The van der Waals surface area contributed by atoms with Crippen LogP contribution in [-0.2, 0) is 9.59 Å². The molecule has 4 N–H and O–H groups in total. The van der Waals surface area contributed by atoms with Gasteiger partial charge in [0.05, 0.1) is 6.54 Å². The lowest BCUT2D eigenvalue weighted by Crippen LogP contribution is -2.46. The van der Waals surface area contributed by atoms with Crippen LogP contribution in [0.15, 0.2) is 0 Å². The second-order valence-electron chi connectivity index (χ2n) is 5.83. The molecule has 5 heteroatoms. The van der Waals surface area contributed by atoms with Crippen LogP contribution in [0, 0.1) is 11.8 Å². The molecule has 0 aromatic rings. The van der Waals surface area contributed by atoms with Crippen LogP contribution >= 0.6 is 0 Å². The summed E-state index contributed by atoms with van der Waals surface area (Å²) >= 11 is 0. The molecule has 2 unspecified atom stereocenters. The number of nitrogens with two attached hydrogens (primary N) is 2. The minimum atomic E-state index is -0.448. The SMILES string of the molecule is CC(C)N(CC(N)=O)C(=O)C1CCCC(CCN)C1. The van der Waals surface area contributed by atoms with Gasteiger partial charge in [-0.2, -0.15) is 0 Å². The van der Waals surface area contributed by atoms with Crippen molar-refractivity contribution >= 4 is 11.8 Å². The molecule has 0 heterocycles. The fourth-order valence-electron chi connectivity index (χ4n) is 2.93. The Hall–Kier alpha value is -1.10. The molecule has 110 valence electrons. The fourth-order valence-corrected chi connectivity index (χ4v) is 2.93. The highest BCUT2D eigenvalue weighted by atomic mass is 16.2. The highest BCUT2D eigenvalue weighted by molar-refractivity contribution is 5.85. The first-order valence-corrected chi connectivity index (χ1v) is 7.24. The predicted molar refractivity (Wildman–Crippen MR) is 75.2 cm³/mol. The Labute approximate surface area is 115 Å². The monoisotopic (exact) mass is 269 g/mol. The maximum Gasteiger partial charge on any atom is 0.237 e. The van der Waals surface area contributed by atoms with Crippen LogP contribution in [0.5, 0.6) is 0 Å². The van der Waals surface area contributed by atoms with Gasteiger partial charge in [-0.3, -0.25) is 9.59 Å². The van der Waals surface area contributed by atoms with Crippen molar-refractivity contribution in [1.29, 1.82) is 0 Å². The average Bonchev–Trinajstić information content (AvgIpc) is 2.35. The lowest BCUT2D eigenvalue weighted by atomic mass is 9.79. The van der Waals surface area contributed by atoms with Crippen LogP contribution in [0.4, 0.5) is 0 Å². The predicted octanol–water partition coefficient (Wildman–Crippen LogP) is 0.864. The van der Waals surface area contributed by atoms with Crippen LogP contribution in [0.2, 0.25) is 0 Å². The van der Waals surface area contributed by atoms with Gasteiger partial charge in [0.1, 0.15) is 0 Å². The molecule has 19 heavy (non-hydrogen) atoms. The summed E-state index contributed by atoms with van der Waals surface area (Å²) in [6, 6.07) is 0.00915. The summed E-state index contributed by atoms with van der Waals surface area (Å²) in [6.07, 6.45) is 5.04. The Kier molecular flexibility index (Phi) is 6.28. The van der Waals surface area contributed by atoms with E-state index in [1.54, 1.807) is 4.90 Å². The summed E-state index contributed by atoms with van der Waals surface area (Å²) < 4.78 is 0. The molecule has 1 aliphatic carbocycles. The number of hydrogen-bond acceptors (Lipinski definition) is 3. The topological polar surface area (TPSA) is 89.4 Å². The maximum atomic E-state index is 12.5. The molecular formula is C14H27N3O2. The van der Waals surface area contributed by atoms with E-state index in [0.717, 1.165) is 25.7 Å². The average molecular weight is 269 g/mol. The van der Waals surface area contributed by atoms with Crippen molar-refractivity contribution in [2.24, 2.45) is 23.3 Å². The highest BCUT2D eigenvalue weighted by Crippen LogP contribution is 2.32. The number of carbonyl (C=O) groups excluding carboxylic acids is 2. The van der Waals surface area contributed by atoms with Gasteiger partial charge < -0.3 is 16.4 Å². The van der Waals surface area contributed by atoms with Crippen LogP contribution in [0.1, 0.15) is 46.0 Å². The number of hydrogen-bond donors (Lipinski definition) is 2. The molecule has 1 rings (SSSR count). The van der Waals surface area contributed by atoms with Crippen LogP contribution in [-0.4, -0.2) is 35.8 Å². The Morgan fingerprint density at radius 1 is 1.32 bits per heavy atom. The third-order valence-electron chi connectivity index (χ3n) is 3.94. The van der Waals surface area contributed by atoms with Gasteiger partial charge in [-0.1, -0.05) is 12.8 Å². The van der Waals surface area contributed by atoms with Crippen molar-refractivity contribution in [3.05, 3.63) is 0 Å². The minimum absolute atomic E-state index is 0.00915. The van der Waals surface area contributed by atoms with E-state index in [2.05, 4.69) is 0 Å². The largest absolute Gasteiger partial charge is 0.368 e. The summed E-state index contributed by atoms with van der Waals surface area (Å²) in [5.74, 6) is 0.217. The lowest BCUT2D eigenvalue weighted by Gasteiger charge is -2.34. The summed E-state index contributed by atoms with van der Waals surface area (Å²) in [5.41, 5.74) is 10.8. The smallest absolute Gasteiger partial charge is 0.237 e. The van der Waals surface area contributed by atoms with Gasteiger partial charge in [-0.05, 0) is 45.6 Å². The van der Waals surface area contributed by atoms with Gasteiger partial charge in [0.25, 0.3) is 0 Å². The summed E-state index contributed by atoms with van der Waals surface area (Å²) in [5, 5.41) is 0. The summed E-state index contributed by atoms with van der Waals surface area (Å²) in [7, 11) is 0. The van der Waals surface area contributed by atoms with Crippen molar-refractivity contribution in [2.75, 3.05) is 13.1 Å². The molecule has 0 saturated heterocycles. The highest BCUT2D eigenvalue weighted by Gasteiger charge is 2.31. The van der Waals surface area contributed by atoms with E-state index in [1.165, 1.54) is 6.42 Å². The molecule has 0 aromatic heterocycles. The molecule has 0 spiro atoms. The first-order chi connectivity index (χ1) is 8.95. The zero-order valence-electron chi connectivity index (χ0n) is 12.1. The maximum absolute atomic E-state index is 12.5. The molecule has 1 aliphatic rings. The van der Waals surface area contributed by atoms with Gasteiger partial charge in [0.2, 0.25) is 11.8 Å². The van der Waals surface area contributed by atoms with Crippen molar-refractivity contribution in [2.45, 2.75) is 52.0 Å². The first-order valence-electron chi connectivity index (χ1n) is 7.24. The molecule has 0 aromatic carbocycles. The van der Waals surface area contributed by atoms with Crippen LogP contribution < -0.4 is 11.5 Å². The number of primary amides is 1. The third-order valence-corrected chi connectivity index (χ3v) is 3.94. The summed E-state index contributed by atoms with van der Waals surface area (Å²) in [4.78, 5) is 25.2. The van der Waals surface area contributed by atoms with E-state index >= 15 is 0 Å². The minimum Gasteiger partial charge on any atom is -0.368 e. The van der Waals surface area contributed by atoms with Crippen LogP contribution in [0.25, 0.3) is 0 Å². The zero-order chi connectivity index (χ0) is 14.4. The molecule has 0 bridgehead atoms. The Balaban J connectivity index is 2.65. The van der Waals surface area contributed by atoms with Gasteiger partial charge in [-0.15, -0.1) is 0 Å². The van der Waals surface area contributed by atoms with Gasteiger partial charge in [0.15, 0.2) is 0 Å². The number of rotatable bonds is 6. The second-order valence-corrected chi connectivity index (χ2v) is 5.83. The number of amides is 2. The Morgan fingerprint density at radius 2 is 2.00 bits per heavy atom. The second kappa shape index (κ2) is 7.48. The molecular weight excluding hydrogens is 242 g/mol. The molecule has 2 atom stereocenters. The van der Waals surface area contributed by atoms with E-state index in [1.807, 2.05) is 13.8 Å². The Morgan fingerprint density at radius 3 is 2.53 bits per heavy atom. The molecule has 0 aliphatic heterocycles. The van der Waals surface area contributed by atoms with Crippen molar-refractivity contribution in [3.63, 3.8) is 0 Å². The quantitative estimate of drug-likeness (QED) is 0.749. The number of nitrogens with zero attached hydrogens (tertiary/aromatic N) is 1. The fraction of sp³-hybridized carbons (Fsp3) is 0.857. The molecule has 1 fully saturated rings. The van der Waals surface area contributed by atoms with E-state index in [-0.39, 0.29) is 24.4 Å². The van der Waals surface area contributed by atoms with E-state index in [0.29, 0.717) is 12.5 Å². The lowest BCUT2D eigenvalue weighted by molar-refractivity contribution is -0.142. The molecule has 2 amide bonds. The van der Waals surface area contributed by atoms with Crippen molar-refractivity contribution in [1.82, 2.24) is 4.90 Å². The first kappa shape index (κ1) is 16.0. The Bertz CT molecular complexity index is 316.